The van der Waals surface area contributed by atoms with E-state index in [1.165, 1.54) is 0 Å². The summed E-state index contributed by atoms with van der Waals surface area (Å²) in [5.74, 6) is 1.51. The van der Waals surface area contributed by atoms with Crippen molar-refractivity contribution in [3.8, 4) is 5.75 Å². The van der Waals surface area contributed by atoms with Crippen molar-refractivity contribution >= 4 is 5.91 Å². The van der Waals surface area contributed by atoms with E-state index in [0.717, 1.165) is 37.1 Å². The second-order valence-electron chi connectivity index (χ2n) is 5.64. The highest BCUT2D eigenvalue weighted by molar-refractivity contribution is 5.95. The maximum atomic E-state index is 12.6. The van der Waals surface area contributed by atoms with Gasteiger partial charge in [0.15, 0.2) is 0 Å². The van der Waals surface area contributed by atoms with Crippen LogP contribution in [0.1, 0.15) is 43.5 Å². The third kappa shape index (κ3) is 3.72. The summed E-state index contributed by atoms with van der Waals surface area (Å²) in [6, 6.07) is 7.90. The molecule has 0 atom stereocenters. The van der Waals surface area contributed by atoms with Crippen LogP contribution < -0.4 is 4.74 Å². The average Bonchev–Trinajstić information content (AvgIpc) is 3.23. The van der Waals surface area contributed by atoms with Crippen molar-refractivity contribution in [2.45, 2.75) is 39.2 Å². The van der Waals surface area contributed by atoms with Crippen LogP contribution in [0.5, 0.6) is 5.75 Å². The van der Waals surface area contributed by atoms with Crippen LogP contribution in [-0.2, 0) is 0 Å². The summed E-state index contributed by atoms with van der Waals surface area (Å²) < 4.78 is 5.19. The fraction of sp³-hybridized carbons (Fsp3) is 0.562. The normalized spacial score (nSPS) is 14.5. The number of methoxy groups -OCH3 is 1. The minimum atomic E-state index is 0.141. The molecule has 1 saturated carbocycles. The van der Waals surface area contributed by atoms with Crippen LogP contribution in [0.25, 0.3) is 0 Å². The highest BCUT2D eigenvalue weighted by atomic mass is 16.5. The SMILES string of the molecule is COc1cccc(C(=O)N(CCC(C)C)C2CC2)c1. The third-order valence-corrected chi connectivity index (χ3v) is 3.51. The molecule has 2 rings (SSSR count). The molecule has 104 valence electrons. The topological polar surface area (TPSA) is 29.5 Å². The smallest absolute Gasteiger partial charge is 0.254 e. The molecule has 0 radical (unpaired) electrons. The summed E-state index contributed by atoms with van der Waals surface area (Å²) in [4.78, 5) is 14.6. The summed E-state index contributed by atoms with van der Waals surface area (Å²) in [6.45, 7) is 5.25. The van der Waals surface area contributed by atoms with Gasteiger partial charge in [-0.05, 0) is 43.4 Å². The van der Waals surface area contributed by atoms with Gasteiger partial charge >= 0.3 is 0 Å². The zero-order valence-corrected chi connectivity index (χ0v) is 12.1. The van der Waals surface area contributed by atoms with E-state index in [9.17, 15) is 4.79 Å². The maximum Gasteiger partial charge on any atom is 0.254 e. The molecular formula is C16H23NO2. The van der Waals surface area contributed by atoms with Crippen LogP contribution in [-0.4, -0.2) is 30.5 Å². The molecule has 3 nitrogen and oxygen atoms in total. The van der Waals surface area contributed by atoms with Gasteiger partial charge in [0.2, 0.25) is 0 Å². The minimum Gasteiger partial charge on any atom is -0.497 e. The van der Waals surface area contributed by atoms with Crippen molar-refractivity contribution in [2.75, 3.05) is 13.7 Å². The average molecular weight is 261 g/mol. The van der Waals surface area contributed by atoms with E-state index in [2.05, 4.69) is 13.8 Å². The number of hydrogen-bond donors (Lipinski definition) is 0. The molecule has 0 heterocycles. The Balaban J connectivity index is 2.09. The van der Waals surface area contributed by atoms with Crippen LogP contribution in [0.3, 0.4) is 0 Å². The number of hydrogen-bond acceptors (Lipinski definition) is 2. The van der Waals surface area contributed by atoms with Gasteiger partial charge in [-0.3, -0.25) is 4.79 Å². The molecule has 1 amide bonds. The second kappa shape index (κ2) is 6.09. The molecule has 1 aliphatic carbocycles. The Morgan fingerprint density at radius 2 is 2.16 bits per heavy atom. The van der Waals surface area contributed by atoms with Gasteiger partial charge in [-0.25, -0.2) is 0 Å². The van der Waals surface area contributed by atoms with Crippen molar-refractivity contribution in [1.29, 1.82) is 0 Å². The predicted octanol–water partition coefficient (Wildman–Crippen LogP) is 3.35. The molecule has 0 saturated heterocycles. The zero-order valence-electron chi connectivity index (χ0n) is 12.1. The Bertz CT molecular complexity index is 438. The van der Waals surface area contributed by atoms with Crippen LogP contribution in [0, 0.1) is 5.92 Å². The number of carbonyl (C=O) groups is 1. The summed E-state index contributed by atoms with van der Waals surface area (Å²) in [6.07, 6.45) is 3.35. The molecule has 1 aromatic rings. The summed E-state index contributed by atoms with van der Waals surface area (Å²) in [5.41, 5.74) is 0.731. The monoisotopic (exact) mass is 261 g/mol. The van der Waals surface area contributed by atoms with E-state index in [1.807, 2.05) is 29.2 Å². The van der Waals surface area contributed by atoms with Crippen LogP contribution in [0.15, 0.2) is 24.3 Å². The van der Waals surface area contributed by atoms with Gasteiger partial charge in [-0.15, -0.1) is 0 Å². The van der Waals surface area contributed by atoms with E-state index >= 15 is 0 Å². The Morgan fingerprint density at radius 3 is 2.74 bits per heavy atom. The molecule has 0 aromatic heterocycles. The van der Waals surface area contributed by atoms with E-state index in [0.29, 0.717) is 12.0 Å². The zero-order chi connectivity index (χ0) is 13.8. The van der Waals surface area contributed by atoms with Crippen molar-refractivity contribution in [3.05, 3.63) is 29.8 Å². The lowest BCUT2D eigenvalue weighted by molar-refractivity contribution is 0.0735. The quantitative estimate of drug-likeness (QED) is 0.786. The number of ether oxygens (including phenoxy) is 1. The summed E-state index contributed by atoms with van der Waals surface area (Å²) in [5, 5.41) is 0. The van der Waals surface area contributed by atoms with Crippen molar-refractivity contribution < 1.29 is 9.53 Å². The van der Waals surface area contributed by atoms with Gasteiger partial charge in [0, 0.05) is 18.2 Å². The number of benzene rings is 1. The first-order valence-electron chi connectivity index (χ1n) is 7.07. The first kappa shape index (κ1) is 13.9. The molecule has 1 aromatic carbocycles. The Morgan fingerprint density at radius 1 is 1.42 bits per heavy atom. The maximum absolute atomic E-state index is 12.6. The first-order valence-corrected chi connectivity index (χ1v) is 7.07. The second-order valence-corrected chi connectivity index (χ2v) is 5.64. The molecule has 0 unspecified atom stereocenters. The van der Waals surface area contributed by atoms with E-state index < -0.39 is 0 Å². The molecule has 1 aliphatic rings. The van der Waals surface area contributed by atoms with Gasteiger partial charge in [0.05, 0.1) is 7.11 Å². The van der Waals surface area contributed by atoms with Gasteiger partial charge in [0.25, 0.3) is 5.91 Å². The standard InChI is InChI=1S/C16H23NO2/c1-12(2)9-10-17(14-7-8-14)16(18)13-5-4-6-15(11-13)19-3/h4-6,11-12,14H,7-10H2,1-3H3. The number of carbonyl (C=O) groups excluding carboxylic acids is 1. The van der Waals surface area contributed by atoms with Gasteiger partial charge in [-0.2, -0.15) is 0 Å². The van der Waals surface area contributed by atoms with Gasteiger partial charge in [-0.1, -0.05) is 19.9 Å². The molecule has 0 spiro atoms. The van der Waals surface area contributed by atoms with Crippen molar-refractivity contribution in [3.63, 3.8) is 0 Å². The number of amides is 1. The molecule has 1 fully saturated rings. The Kier molecular flexibility index (Phi) is 4.46. The molecule has 3 heteroatoms. The van der Waals surface area contributed by atoms with Crippen molar-refractivity contribution in [2.24, 2.45) is 5.92 Å². The van der Waals surface area contributed by atoms with E-state index in [1.54, 1.807) is 7.11 Å². The lowest BCUT2D eigenvalue weighted by Gasteiger charge is -2.23. The molecule has 19 heavy (non-hydrogen) atoms. The van der Waals surface area contributed by atoms with E-state index in [-0.39, 0.29) is 5.91 Å². The molecule has 0 aliphatic heterocycles. The lowest BCUT2D eigenvalue weighted by atomic mass is 10.1. The fourth-order valence-electron chi connectivity index (χ4n) is 2.16. The fourth-order valence-corrected chi connectivity index (χ4v) is 2.16. The minimum absolute atomic E-state index is 0.141. The molecule has 0 bridgehead atoms. The predicted molar refractivity (Wildman–Crippen MR) is 76.5 cm³/mol. The molecule has 0 N–H and O–H groups in total. The largest absolute Gasteiger partial charge is 0.497 e. The van der Waals surface area contributed by atoms with E-state index in [4.69, 9.17) is 4.74 Å². The van der Waals surface area contributed by atoms with Crippen LogP contribution in [0.4, 0.5) is 0 Å². The highest BCUT2D eigenvalue weighted by Crippen LogP contribution is 2.29. The van der Waals surface area contributed by atoms with Crippen LogP contribution >= 0.6 is 0 Å². The summed E-state index contributed by atoms with van der Waals surface area (Å²) >= 11 is 0. The molecular weight excluding hydrogens is 238 g/mol. The highest BCUT2D eigenvalue weighted by Gasteiger charge is 2.32. The third-order valence-electron chi connectivity index (χ3n) is 3.51. The first-order chi connectivity index (χ1) is 9.11. The van der Waals surface area contributed by atoms with Crippen LogP contribution in [0.2, 0.25) is 0 Å². The summed E-state index contributed by atoms with van der Waals surface area (Å²) in [7, 11) is 1.63. The Labute approximate surface area is 115 Å². The number of rotatable bonds is 6. The van der Waals surface area contributed by atoms with Gasteiger partial charge in [0.1, 0.15) is 5.75 Å². The Hall–Kier alpha value is -1.51. The van der Waals surface area contributed by atoms with Gasteiger partial charge < -0.3 is 9.64 Å². The number of nitrogens with zero attached hydrogens (tertiary/aromatic N) is 1. The lowest BCUT2D eigenvalue weighted by Crippen LogP contribution is -2.34. The van der Waals surface area contributed by atoms with Crippen molar-refractivity contribution in [1.82, 2.24) is 4.90 Å².